The van der Waals surface area contributed by atoms with E-state index in [1.54, 1.807) is 21.6 Å². The Morgan fingerprint density at radius 3 is 2.48 bits per heavy atom. The summed E-state index contributed by atoms with van der Waals surface area (Å²) in [5.74, 6) is -0.570. The van der Waals surface area contributed by atoms with Crippen LogP contribution in [0, 0.1) is 0 Å². The number of rotatable bonds is 4. The maximum absolute atomic E-state index is 12.6. The smallest absolute Gasteiger partial charge is 0.275 e. The number of benzene rings is 3. The number of nitrogens with one attached hydrogen (secondary N) is 1. The molecule has 0 fully saturated rings. The first-order valence-electron chi connectivity index (χ1n) is 8.39. The lowest BCUT2D eigenvalue weighted by Gasteiger charge is -2.11. The fourth-order valence-corrected chi connectivity index (χ4v) is 4.12. The third kappa shape index (κ3) is 3.28. The zero-order valence-corrected chi connectivity index (χ0v) is 15.1. The maximum Gasteiger partial charge on any atom is 0.275 e. The number of fused-ring (bicyclic) bond motifs is 1. The number of nitrogens with zero attached hydrogens (tertiary/aromatic N) is 1. The summed E-state index contributed by atoms with van der Waals surface area (Å²) in [5.41, 5.74) is 4.51. The van der Waals surface area contributed by atoms with E-state index in [2.05, 4.69) is 0 Å². The van der Waals surface area contributed by atoms with Crippen molar-refractivity contribution in [2.24, 2.45) is 0 Å². The molecule has 0 aliphatic heterocycles. The van der Waals surface area contributed by atoms with Crippen molar-refractivity contribution in [2.75, 3.05) is 0 Å². The van der Waals surface area contributed by atoms with Crippen molar-refractivity contribution in [2.45, 2.75) is 6.54 Å². The van der Waals surface area contributed by atoms with Crippen LogP contribution < -0.4 is 11.0 Å². The van der Waals surface area contributed by atoms with E-state index in [-0.39, 0.29) is 5.56 Å². The van der Waals surface area contributed by atoms with Crippen molar-refractivity contribution in [3.63, 3.8) is 0 Å². The molecular formula is C21H16N2O3S. The van der Waals surface area contributed by atoms with Crippen molar-refractivity contribution in [3.8, 4) is 11.1 Å². The normalized spacial score (nSPS) is 10.9. The predicted octanol–water partition coefficient (Wildman–Crippen LogP) is 3.90. The topological polar surface area (TPSA) is 71.3 Å². The van der Waals surface area contributed by atoms with Gasteiger partial charge in [0.25, 0.3) is 11.5 Å². The molecule has 3 aromatic carbocycles. The van der Waals surface area contributed by atoms with Crippen LogP contribution in [0.4, 0.5) is 0 Å². The first-order chi connectivity index (χ1) is 13.2. The van der Waals surface area contributed by atoms with Crippen LogP contribution in [-0.2, 0) is 6.54 Å². The molecule has 0 unspecified atom stereocenters. The van der Waals surface area contributed by atoms with Gasteiger partial charge in [-0.25, -0.2) is 5.48 Å². The first-order valence-corrected chi connectivity index (χ1v) is 9.16. The van der Waals surface area contributed by atoms with E-state index < -0.39 is 5.91 Å². The second kappa shape index (κ2) is 7.19. The summed E-state index contributed by atoms with van der Waals surface area (Å²) < 4.78 is 2.66. The van der Waals surface area contributed by atoms with Crippen molar-refractivity contribution in [3.05, 3.63) is 94.3 Å². The molecule has 0 aliphatic rings. The van der Waals surface area contributed by atoms with Gasteiger partial charge in [0.2, 0.25) is 0 Å². The highest BCUT2D eigenvalue weighted by Gasteiger charge is 2.14. The zero-order valence-electron chi connectivity index (χ0n) is 14.3. The molecule has 0 spiro atoms. The van der Waals surface area contributed by atoms with Crippen LogP contribution in [0.5, 0.6) is 0 Å². The SMILES string of the molecule is O=C(NO)c1ccc(Cn2sc3ccccc3c2=O)cc1-c1ccccc1. The molecule has 1 heterocycles. The van der Waals surface area contributed by atoms with Crippen LogP contribution >= 0.6 is 11.5 Å². The summed E-state index contributed by atoms with van der Waals surface area (Å²) in [4.78, 5) is 24.6. The van der Waals surface area contributed by atoms with Gasteiger partial charge in [0, 0.05) is 5.56 Å². The van der Waals surface area contributed by atoms with Gasteiger partial charge in [-0.2, -0.15) is 0 Å². The second-order valence-electron chi connectivity index (χ2n) is 6.12. The molecule has 4 aromatic rings. The number of aromatic nitrogens is 1. The summed E-state index contributed by atoms with van der Waals surface area (Å²) in [6, 6.07) is 22.4. The van der Waals surface area contributed by atoms with E-state index in [0.29, 0.717) is 23.1 Å². The molecular weight excluding hydrogens is 360 g/mol. The van der Waals surface area contributed by atoms with E-state index in [1.165, 1.54) is 11.5 Å². The van der Waals surface area contributed by atoms with Crippen LogP contribution in [-0.4, -0.2) is 15.1 Å². The van der Waals surface area contributed by atoms with Gasteiger partial charge in [0.15, 0.2) is 0 Å². The Balaban J connectivity index is 1.78. The van der Waals surface area contributed by atoms with Gasteiger partial charge in [0.05, 0.1) is 16.6 Å². The van der Waals surface area contributed by atoms with Crippen LogP contribution in [0.15, 0.2) is 77.6 Å². The lowest BCUT2D eigenvalue weighted by Crippen LogP contribution is -2.20. The highest BCUT2D eigenvalue weighted by atomic mass is 32.1. The minimum atomic E-state index is -0.570. The number of carbonyl (C=O) groups is 1. The molecule has 0 radical (unpaired) electrons. The molecule has 5 nitrogen and oxygen atoms in total. The molecule has 0 saturated carbocycles. The maximum atomic E-state index is 12.6. The summed E-state index contributed by atoms with van der Waals surface area (Å²) in [5, 5.41) is 9.75. The highest BCUT2D eigenvalue weighted by molar-refractivity contribution is 7.13. The third-order valence-electron chi connectivity index (χ3n) is 4.39. The Morgan fingerprint density at radius 1 is 1.00 bits per heavy atom. The standard InChI is InChI=1S/C21H16N2O3S/c24-20(22-26)16-11-10-14(12-18(16)15-6-2-1-3-7-15)13-23-21(25)17-8-4-5-9-19(17)27-23/h1-12,26H,13H2,(H,22,24). The molecule has 27 heavy (non-hydrogen) atoms. The second-order valence-corrected chi connectivity index (χ2v) is 7.18. The molecule has 4 rings (SSSR count). The fourth-order valence-electron chi connectivity index (χ4n) is 3.09. The van der Waals surface area contributed by atoms with Crippen LogP contribution in [0.2, 0.25) is 0 Å². The molecule has 134 valence electrons. The average Bonchev–Trinajstić information content (AvgIpc) is 3.03. The van der Waals surface area contributed by atoms with Crippen molar-refractivity contribution >= 4 is 27.5 Å². The number of hydrogen-bond donors (Lipinski definition) is 2. The number of amides is 1. The monoisotopic (exact) mass is 376 g/mol. The Morgan fingerprint density at radius 2 is 1.74 bits per heavy atom. The average molecular weight is 376 g/mol. The van der Waals surface area contributed by atoms with Gasteiger partial charge in [-0.05, 0) is 41.0 Å². The molecule has 2 N–H and O–H groups in total. The van der Waals surface area contributed by atoms with Gasteiger partial charge < -0.3 is 0 Å². The lowest BCUT2D eigenvalue weighted by molar-refractivity contribution is 0.0707. The molecule has 1 amide bonds. The largest absolute Gasteiger partial charge is 0.288 e. The lowest BCUT2D eigenvalue weighted by atomic mass is 9.97. The molecule has 0 atom stereocenters. The first kappa shape index (κ1) is 17.2. The van der Waals surface area contributed by atoms with Crippen LogP contribution in [0.25, 0.3) is 21.2 Å². The molecule has 1 aromatic heterocycles. The summed E-state index contributed by atoms with van der Waals surface area (Å²) in [6.45, 7) is 0.416. The van der Waals surface area contributed by atoms with E-state index in [0.717, 1.165) is 15.8 Å². The Bertz CT molecular complexity index is 1180. The summed E-state index contributed by atoms with van der Waals surface area (Å²) in [7, 11) is 0. The Hall–Kier alpha value is -3.22. The third-order valence-corrected chi connectivity index (χ3v) is 5.46. The van der Waals surface area contributed by atoms with Gasteiger partial charge in [0.1, 0.15) is 0 Å². The predicted molar refractivity (Wildman–Crippen MR) is 106 cm³/mol. The molecule has 6 heteroatoms. The number of carbonyl (C=O) groups excluding carboxylic acids is 1. The van der Waals surface area contributed by atoms with E-state index in [1.807, 2.05) is 60.7 Å². The number of hydrogen-bond acceptors (Lipinski definition) is 4. The van der Waals surface area contributed by atoms with Gasteiger partial charge in [-0.15, -0.1) is 0 Å². The minimum Gasteiger partial charge on any atom is -0.288 e. The van der Waals surface area contributed by atoms with Gasteiger partial charge >= 0.3 is 0 Å². The van der Waals surface area contributed by atoms with E-state index in [4.69, 9.17) is 5.21 Å². The van der Waals surface area contributed by atoms with Crippen LogP contribution in [0.1, 0.15) is 15.9 Å². The van der Waals surface area contributed by atoms with Crippen LogP contribution in [0.3, 0.4) is 0 Å². The van der Waals surface area contributed by atoms with Crippen molar-refractivity contribution in [1.29, 1.82) is 0 Å². The summed E-state index contributed by atoms with van der Waals surface area (Å²) >= 11 is 1.42. The van der Waals surface area contributed by atoms with Crippen molar-refractivity contribution < 1.29 is 10.0 Å². The minimum absolute atomic E-state index is 0.0194. The number of hydroxylamine groups is 1. The zero-order chi connectivity index (χ0) is 18.8. The molecule has 0 aliphatic carbocycles. The van der Waals surface area contributed by atoms with Gasteiger partial charge in [-0.1, -0.05) is 60.1 Å². The fraction of sp³-hybridized carbons (Fsp3) is 0.0476. The highest BCUT2D eigenvalue weighted by Crippen LogP contribution is 2.26. The quantitative estimate of drug-likeness (QED) is 0.419. The van der Waals surface area contributed by atoms with Crippen molar-refractivity contribution in [1.82, 2.24) is 9.44 Å². The Kier molecular flexibility index (Phi) is 4.58. The van der Waals surface area contributed by atoms with Gasteiger partial charge in [-0.3, -0.25) is 18.8 Å². The van der Waals surface area contributed by atoms with E-state index in [9.17, 15) is 9.59 Å². The Labute approximate surface area is 159 Å². The van der Waals surface area contributed by atoms with E-state index >= 15 is 0 Å². The summed E-state index contributed by atoms with van der Waals surface area (Å²) in [6.07, 6.45) is 0. The molecule has 0 bridgehead atoms. The molecule has 0 saturated heterocycles.